The minimum Gasteiger partial charge on any atom is -0.311 e. The third-order valence-electron chi connectivity index (χ3n) is 3.66. The molecule has 3 rings (SSSR count). The molecule has 0 aliphatic carbocycles. The highest BCUT2D eigenvalue weighted by Gasteiger charge is 2.24. The van der Waals surface area contributed by atoms with Crippen molar-refractivity contribution >= 4 is 50.7 Å². The third-order valence-corrected chi connectivity index (χ3v) is 6.30. The molecule has 0 fully saturated rings. The Morgan fingerprint density at radius 1 is 1.28 bits per heavy atom. The number of benzene rings is 2. The predicted octanol–water partition coefficient (Wildman–Crippen LogP) is 3.74. The summed E-state index contributed by atoms with van der Waals surface area (Å²) < 4.78 is 41.2. The van der Waals surface area contributed by atoms with E-state index in [9.17, 15) is 17.6 Å². The van der Waals surface area contributed by atoms with Gasteiger partial charge in [0.25, 0.3) is 10.0 Å². The molecule has 0 saturated heterocycles. The van der Waals surface area contributed by atoms with Crippen LogP contribution in [0, 0.1) is 5.82 Å². The Kier molecular flexibility index (Phi) is 4.95. The SMILES string of the molecule is CC(=O)N1CCSc2ccc(S(=O)(=O)Nc3ccc(Cl)cc3F)cc21. The molecular formula is C16H14ClFN2O3S2. The van der Waals surface area contributed by atoms with Gasteiger partial charge in [0.05, 0.1) is 16.3 Å². The molecule has 9 heteroatoms. The summed E-state index contributed by atoms with van der Waals surface area (Å²) in [5.74, 6) is -0.185. The number of rotatable bonds is 3. The number of carbonyl (C=O) groups is 1. The number of anilines is 2. The number of amides is 1. The molecule has 0 atom stereocenters. The van der Waals surface area contributed by atoms with Crippen LogP contribution >= 0.6 is 23.4 Å². The molecule has 0 saturated carbocycles. The lowest BCUT2D eigenvalue weighted by atomic mass is 10.2. The molecule has 0 unspecified atom stereocenters. The molecule has 1 N–H and O–H groups in total. The van der Waals surface area contributed by atoms with Crippen LogP contribution in [-0.2, 0) is 14.8 Å². The van der Waals surface area contributed by atoms with E-state index in [1.165, 1.54) is 36.1 Å². The summed E-state index contributed by atoms with van der Waals surface area (Å²) in [6, 6.07) is 8.20. The summed E-state index contributed by atoms with van der Waals surface area (Å²) >= 11 is 7.23. The summed E-state index contributed by atoms with van der Waals surface area (Å²) in [4.78, 5) is 14.1. The largest absolute Gasteiger partial charge is 0.311 e. The van der Waals surface area contributed by atoms with Crippen molar-refractivity contribution in [3.63, 3.8) is 0 Å². The predicted molar refractivity (Wildman–Crippen MR) is 97.4 cm³/mol. The van der Waals surface area contributed by atoms with Crippen LogP contribution in [0.5, 0.6) is 0 Å². The molecule has 0 spiro atoms. The fourth-order valence-corrected chi connectivity index (χ4v) is 4.69. The van der Waals surface area contributed by atoms with Gasteiger partial charge in [-0.1, -0.05) is 11.6 Å². The van der Waals surface area contributed by atoms with Crippen molar-refractivity contribution in [3.05, 3.63) is 47.2 Å². The standard InChI is InChI=1S/C16H14ClFN2O3S2/c1-10(21)20-6-7-24-16-5-3-12(9-15(16)20)25(22,23)19-14-4-2-11(17)8-13(14)18/h2-5,8-9,19H,6-7H2,1H3. The number of fused-ring (bicyclic) bond motifs is 1. The molecule has 1 aliphatic heterocycles. The van der Waals surface area contributed by atoms with Crippen LogP contribution in [0.4, 0.5) is 15.8 Å². The van der Waals surface area contributed by atoms with Gasteiger partial charge in [-0.25, -0.2) is 12.8 Å². The first kappa shape index (κ1) is 18.0. The van der Waals surface area contributed by atoms with E-state index in [-0.39, 0.29) is 21.5 Å². The van der Waals surface area contributed by atoms with Crippen LogP contribution in [0.15, 0.2) is 46.2 Å². The minimum atomic E-state index is -4.01. The van der Waals surface area contributed by atoms with Crippen LogP contribution in [0.2, 0.25) is 5.02 Å². The van der Waals surface area contributed by atoms with Gasteiger partial charge in [0, 0.05) is 29.1 Å². The summed E-state index contributed by atoms with van der Waals surface area (Å²) in [6.07, 6.45) is 0. The maximum Gasteiger partial charge on any atom is 0.262 e. The van der Waals surface area contributed by atoms with E-state index in [4.69, 9.17) is 11.6 Å². The average molecular weight is 401 g/mol. The van der Waals surface area contributed by atoms with Crippen LogP contribution in [0.1, 0.15) is 6.92 Å². The van der Waals surface area contributed by atoms with Crippen molar-refractivity contribution < 1.29 is 17.6 Å². The molecule has 5 nitrogen and oxygen atoms in total. The molecule has 2 aromatic rings. The number of hydrogen-bond acceptors (Lipinski definition) is 4. The van der Waals surface area contributed by atoms with Crippen molar-refractivity contribution in [2.75, 3.05) is 21.9 Å². The van der Waals surface area contributed by atoms with E-state index in [1.807, 2.05) is 0 Å². The normalized spacial score (nSPS) is 14.1. The molecule has 0 bridgehead atoms. The van der Waals surface area contributed by atoms with Gasteiger partial charge in [-0.3, -0.25) is 9.52 Å². The molecule has 132 valence electrons. The maximum atomic E-state index is 13.9. The van der Waals surface area contributed by atoms with Gasteiger partial charge >= 0.3 is 0 Å². The van der Waals surface area contributed by atoms with Crippen molar-refractivity contribution in [1.29, 1.82) is 0 Å². The Labute approximate surface area is 154 Å². The number of halogens is 2. The second-order valence-corrected chi connectivity index (χ2v) is 8.63. The van der Waals surface area contributed by atoms with Crippen molar-refractivity contribution in [2.24, 2.45) is 0 Å². The van der Waals surface area contributed by atoms with Crippen molar-refractivity contribution in [1.82, 2.24) is 0 Å². The van der Waals surface area contributed by atoms with Gasteiger partial charge in [-0.05, 0) is 36.4 Å². The Morgan fingerprint density at radius 2 is 2.04 bits per heavy atom. The topological polar surface area (TPSA) is 66.5 Å². The summed E-state index contributed by atoms with van der Waals surface area (Å²) in [7, 11) is -4.01. The summed E-state index contributed by atoms with van der Waals surface area (Å²) in [6.45, 7) is 1.94. The van der Waals surface area contributed by atoms with E-state index in [0.717, 1.165) is 16.7 Å². The van der Waals surface area contributed by atoms with Gasteiger partial charge in [0.2, 0.25) is 5.91 Å². The van der Waals surface area contributed by atoms with Crippen LogP contribution in [0.25, 0.3) is 0 Å². The quantitative estimate of drug-likeness (QED) is 0.852. The van der Waals surface area contributed by atoms with Gasteiger partial charge in [-0.15, -0.1) is 11.8 Å². The highest BCUT2D eigenvalue weighted by Crippen LogP contribution is 2.36. The zero-order valence-corrected chi connectivity index (χ0v) is 15.5. The smallest absolute Gasteiger partial charge is 0.262 e. The lowest BCUT2D eigenvalue weighted by molar-refractivity contribution is -0.116. The number of nitrogens with zero attached hydrogens (tertiary/aromatic N) is 1. The minimum absolute atomic E-state index is 0.0469. The lowest BCUT2D eigenvalue weighted by Crippen LogP contribution is -2.33. The molecular weight excluding hydrogens is 387 g/mol. The van der Waals surface area contributed by atoms with Gasteiger partial charge < -0.3 is 4.90 Å². The Morgan fingerprint density at radius 3 is 2.72 bits per heavy atom. The number of nitrogens with one attached hydrogen (secondary N) is 1. The Hall–Kier alpha value is -1.77. The Balaban J connectivity index is 1.98. The maximum absolute atomic E-state index is 13.9. The fraction of sp³-hybridized carbons (Fsp3) is 0.188. The Bertz CT molecular complexity index is 950. The molecule has 1 heterocycles. The van der Waals surface area contributed by atoms with Crippen LogP contribution in [-0.4, -0.2) is 26.6 Å². The zero-order chi connectivity index (χ0) is 18.2. The molecule has 2 aromatic carbocycles. The van der Waals surface area contributed by atoms with Crippen molar-refractivity contribution in [2.45, 2.75) is 16.7 Å². The first-order valence-electron chi connectivity index (χ1n) is 7.31. The molecule has 0 aromatic heterocycles. The van der Waals surface area contributed by atoms with Gasteiger partial charge in [0.1, 0.15) is 5.82 Å². The van der Waals surface area contributed by atoms with Crippen molar-refractivity contribution in [3.8, 4) is 0 Å². The zero-order valence-electron chi connectivity index (χ0n) is 13.1. The van der Waals surface area contributed by atoms with Gasteiger partial charge in [-0.2, -0.15) is 0 Å². The number of carbonyl (C=O) groups excluding carboxylic acids is 1. The van der Waals surface area contributed by atoms with Crippen LogP contribution < -0.4 is 9.62 Å². The number of thioether (sulfide) groups is 1. The highest BCUT2D eigenvalue weighted by molar-refractivity contribution is 7.99. The fourth-order valence-electron chi connectivity index (χ4n) is 2.47. The average Bonchev–Trinajstić information content (AvgIpc) is 2.56. The van der Waals surface area contributed by atoms with E-state index in [1.54, 1.807) is 17.8 Å². The van der Waals surface area contributed by atoms with Crippen LogP contribution in [0.3, 0.4) is 0 Å². The molecule has 25 heavy (non-hydrogen) atoms. The van der Waals surface area contributed by atoms with E-state index in [0.29, 0.717) is 12.2 Å². The highest BCUT2D eigenvalue weighted by atomic mass is 35.5. The summed E-state index contributed by atoms with van der Waals surface area (Å²) in [5, 5.41) is 0.170. The number of hydrogen-bond donors (Lipinski definition) is 1. The van der Waals surface area contributed by atoms with E-state index >= 15 is 0 Å². The first-order chi connectivity index (χ1) is 11.8. The van der Waals surface area contributed by atoms with E-state index < -0.39 is 15.8 Å². The third kappa shape index (κ3) is 3.75. The summed E-state index contributed by atoms with van der Waals surface area (Å²) in [5.41, 5.74) is 0.350. The molecule has 1 amide bonds. The second-order valence-electron chi connectivity index (χ2n) is 5.38. The second kappa shape index (κ2) is 6.86. The molecule has 1 aliphatic rings. The monoisotopic (exact) mass is 400 g/mol. The lowest BCUT2D eigenvalue weighted by Gasteiger charge is -2.28. The molecule has 0 radical (unpaired) electrons. The van der Waals surface area contributed by atoms with Gasteiger partial charge in [0.15, 0.2) is 0 Å². The first-order valence-corrected chi connectivity index (χ1v) is 10.2. The van der Waals surface area contributed by atoms with E-state index in [2.05, 4.69) is 4.72 Å². The number of sulfonamides is 1.